The molecule has 0 rings (SSSR count). The number of rotatable bonds is 1. The second-order valence-electron chi connectivity index (χ2n) is 1.20. The summed E-state index contributed by atoms with van der Waals surface area (Å²) in [6.45, 7) is 2.16. The van der Waals surface area contributed by atoms with Crippen LogP contribution in [-0.2, 0) is 10.4 Å². The molecule has 0 aliphatic heterocycles. The summed E-state index contributed by atoms with van der Waals surface area (Å²) >= 11 is 2.66. The smallest absolute Gasteiger partial charge is 0.0311 e. The van der Waals surface area contributed by atoms with Gasteiger partial charge in [-0.15, -0.1) is 0 Å². The van der Waals surface area contributed by atoms with E-state index in [9.17, 15) is 0 Å². The van der Waals surface area contributed by atoms with Gasteiger partial charge >= 0.3 is 34.9 Å². The zero-order valence-electron chi connectivity index (χ0n) is 5.03. The average Bonchev–Trinajstić information content (AvgIpc) is 1.61. The predicted octanol–water partition coefficient (Wildman–Crippen LogP) is -0.355. The Kier molecular flexibility index (Phi) is 8.78. The molecule has 52 valence electrons. The monoisotopic (exact) mass is 166 g/mol. The van der Waals surface area contributed by atoms with Crippen LogP contribution >= 0.6 is 0 Å². The Balaban J connectivity index is 0. The molecule has 0 bridgehead atoms. The van der Waals surface area contributed by atoms with Crippen LogP contribution in [0.25, 0.3) is 0 Å². The first-order chi connectivity index (χ1) is 3.91. The van der Waals surface area contributed by atoms with Crippen LogP contribution in [0.15, 0.2) is 0 Å². The fourth-order valence-corrected chi connectivity index (χ4v) is 0. The molecule has 0 aliphatic rings. The zero-order chi connectivity index (χ0) is 7.91. The van der Waals surface area contributed by atoms with Gasteiger partial charge in [-0.05, 0) is 0 Å². The van der Waals surface area contributed by atoms with Gasteiger partial charge in [0.25, 0.3) is 0 Å². The van der Waals surface area contributed by atoms with Crippen molar-refractivity contribution >= 4 is 26.7 Å². The summed E-state index contributed by atoms with van der Waals surface area (Å²) in [4.78, 5) is 0. The van der Waals surface area contributed by atoms with Crippen molar-refractivity contribution in [2.45, 2.75) is 18.6 Å². The first-order valence-electron chi connectivity index (χ1n) is 2.28. The molecule has 0 spiro atoms. The standard InChI is InChI=1S/C3H7.Al.H2O4S/c1-3-2;;1-5(2,3)4/h1,3H2,2H3;;(H2,1,2,3,4)/q;+2;/p-2. The molecule has 0 atom stereocenters. The summed E-state index contributed by atoms with van der Waals surface area (Å²) in [7, 11) is -5.17. The van der Waals surface area contributed by atoms with Crippen LogP contribution in [0.5, 0.6) is 0 Å². The number of hydrogen-bond acceptors (Lipinski definition) is 4. The fourth-order valence-electron chi connectivity index (χ4n) is 0. The minimum Gasteiger partial charge on any atom is -0.759 e. The van der Waals surface area contributed by atoms with Crippen LogP contribution in [0.4, 0.5) is 0 Å². The Bertz CT molecular complexity index is 119. The van der Waals surface area contributed by atoms with Crippen molar-refractivity contribution < 1.29 is 17.5 Å². The van der Waals surface area contributed by atoms with Gasteiger partial charge in [0.1, 0.15) is 0 Å². The molecule has 0 aliphatic carbocycles. The molecule has 0 N–H and O–H groups in total. The van der Waals surface area contributed by atoms with Gasteiger partial charge in [-0.25, -0.2) is 0 Å². The maximum absolute atomic E-state index is 8.52. The summed E-state index contributed by atoms with van der Waals surface area (Å²) in [5, 5.41) is 1.24. The third-order valence-corrected chi connectivity index (χ3v) is 0.866. The minimum atomic E-state index is -5.17. The molecule has 0 aromatic rings. The Morgan fingerprint density at radius 1 is 1.44 bits per heavy atom. The van der Waals surface area contributed by atoms with E-state index in [0.717, 1.165) is 0 Å². The summed E-state index contributed by atoms with van der Waals surface area (Å²) in [5.74, 6) is 0. The third kappa shape index (κ3) is 175. The molecular formula is C3H7AlO4S. The van der Waals surface area contributed by atoms with E-state index in [1.807, 2.05) is 0 Å². The van der Waals surface area contributed by atoms with Gasteiger partial charge in [-0.3, -0.25) is 8.42 Å². The molecule has 4 nitrogen and oxygen atoms in total. The Labute approximate surface area is 63.3 Å². The minimum absolute atomic E-state index is 1.24. The molecule has 0 saturated heterocycles. The molecule has 0 fully saturated rings. The largest absolute Gasteiger partial charge is 0.759 e. The molecule has 0 saturated carbocycles. The van der Waals surface area contributed by atoms with E-state index in [1.165, 1.54) is 11.7 Å². The van der Waals surface area contributed by atoms with Crippen LogP contribution in [-0.4, -0.2) is 33.8 Å². The van der Waals surface area contributed by atoms with Crippen molar-refractivity contribution in [1.82, 2.24) is 0 Å². The van der Waals surface area contributed by atoms with Gasteiger partial charge in [0.15, 0.2) is 0 Å². The van der Waals surface area contributed by atoms with Gasteiger partial charge in [0.05, 0.1) is 0 Å². The molecule has 6 heteroatoms. The summed E-state index contributed by atoms with van der Waals surface area (Å²) in [6, 6.07) is 0. The summed E-state index contributed by atoms with van der Waals surface area (Å²) in [5.41, 5.74) is 0. The molecular weight excluding hydrogens is 159 g/mol. The Morgan fingerprint density at radius 2 is 1.56 bits per heavy atom. The zero-order valence-corrected chi connectivity index (χ0v) is 7.00. The third-order valence-electron chi connectivity index (χ3n) is 0.289. The molecule has 9 heavy (non-hydrogen) atoms. The summed E-state index contributed by atoms with van der Waals surface area (Å²) in [6.07, 6.45) is 1.28. The van der Waals surface area contributed by atoms with Crippen molar-refractivity contribution in [2.24, 2.45) is 0 Å². The van der Waals surface area contributed by atoms with E-state index >= 15 is 0 Å². The van der Waals surface area contributed by atoms with E-state index in [1.54, 1.807) is 0 Å². The Morgan fingerprint density at radius 3 is 1.56 bits per heavy atom. The van der Waals surface area contributed by atoms with Crippen molar-refractivity contribution in [3.63, 3.8) is 0 Å². The van der Waals surface area contributed by atoms with Gasteiger partial charge in [0, 0.05) is 10.4 Å². The van der Waals surface area contributed by atoms with Crippen molar-refractivity contribution in [1.29, 1.82) is 0 Å². The summed E-state index contributed by atoms with van der Waals surface area (Å²) < 4.78 is 34.1. The van der Waals surface area contributed by atoms with Crippen molar-refractivity contribution in [3.8, 4) is 0 Å². The van der Waals surface area contributed by atoms with Crippen molar-refractivity contribution in [3.05, 3.63) is 0 Å². The first-order valence-corrected chi connectivity index (χ1v) is 4.43. The van der Waals surface area contributed by atoms with Crippen LogP contribution in [0.2, 0.25) is 5.28 Å². The molecule has 0 unspecified atom stereocenters. The van der Waals surface area contributed by atoms with Crippen LogP contribution < -0.4 is 0 Å². The average molecular weight is 166 g/mol. The fraction of sp³-hybridized carbons (Fsp3) is 1.00. The quantitative estimate of drug-likeness (QED) is 0.303. The van der Waals surface area contributed by atoms with Crippen LogP contribution in [0.1, 0.15) is 13.3 Å². The van der Waals surface area contributed by atoms with E-state index in [-0.39, 0.29) is 0 Å². The van der Waals surface area contributed by atoms with E-state index in [0.29, 0.717) is 0 Å². The molecule has 0 aromatic carbocycles. The molecule has 0 radical (unpaired) electrons. The van der Waals surface area contributed by atoms with Crippen LogP contribution in [0.3, 0.4) is 0 Å². The van der Waals surface area contributed by atoms with Crippen LogP contribution in [0, 0.1) is 0 Å². The van der Waals surface area contributed by atoms with Gasteiger partial charge in [-0.1, -0.05) is 0 Å². The molecule has 0 aromatic heterocycles. The maximum atomic E-state index is 8.52. The number of hydrogen-bond donors (Lipinski definition) is 0. The second-order valence-corrected chi connectivity index (χ2v) is 2.59. The Hall–Kier alpha value is 0.402. The van der Waals surface area contributed by atoms with Crippen molar-refractivity contribution in [2.75, 3.05) is 0 Å². The first kappa shape index (κ1) is 12.1. The van der Waals surface area contributed by atoms with E-state index < -0.39 is 10.4 Å². The normalized spacial score (nSPS) is 9.89. The van der Waals surface area contributed by atoms with E-state index in [4.69, 9.17) is 17.5 Å². The molecule has 0 amide bonds. The molecule has 0 heterocycles. The maximum Gasteiger partial charge on any atom is 0.0311 e. The topological polar surface area (TPSA) is 80.3 Å². The van der Waals surface area contributed by atoms with Gasteiger partial charge in [-0.2, -0.15) is 0 Å². The van der Waals surface area contributed by atoms with Gasteiger partial charge in [0.2, 0.25) is 0 Å². The van der Waals surface area contributed by atoms with E-state index in [2.05, 4.69) is 23.2 Å². The predicted molar refractivity (Wildman–Crippen MR) is 31.3 cm³/mol. The van der Waals surface area contributed by atoms with Gasteiger partial charge < -0.3 is 9.11 Å². The second kappa shape index (κ2) is 6.52. The SMILES string of the molecule is CC[CH2][Al+2].O=S(=O)([O-])[O-].